The monoisotopic (exact) mass is 312 g/mol. The summed E-state index contributed by atoms with van der Waals surface area (Å²) < 4.78 is 3.42. The predicted molar refractivity (Wildman–Crippen MR) is 88.6 cm³/mol. The van der Waals surface area contributed by atoms with Gasteiger partial charge >= 0.3 is 0 Å². The van der Waals surface area contributed by atoms with Crippen LogP contribution in [0.3, 0.4) is 0 Å². The summed E-state index contributed by atoms with van der Waals surface area (Å²) >= 11 is 0. The molecule has 114 valence electrons. The number of hydrogen-bond donors (Lipinski definition) is 0. The zero-order chi connectivity index (χ0) is 16.4. The lowest BCUT2D eigenvalue weighted by Crippen LogP contribution is -2.04. The first-order chi connectivity index (χ1) is 11.8. The summed E-state index contributed by atoms with van der Waals surface area (Å²) in [6.07, 6.45) is 7.11. The molecule has 0 spiro atoms. The van der Waals surface area contributed by atoms with Gasteiger partial charge in [0.1, 0.15) is 0 Å². The van der Waals surface area contributed by atoms with Gasteiger partial charge in [-0.15, -0.1) is 0 Å². The molecule has 3 aromatic heterocycles. The molecule has 4 aromatic rings. The predicted octanol–water partition coefficient (Wildman–Crippen LogP) is 2.99. The SMILES string of the molecule is N#Cc1ccc(-c2cc(-n3cccn3)nc(-n3cccn3)c2)cc1. The summed E-state index contributed by atoms with van der Waals surface area (Å²) in [5.74, 6) is 1.40. The average Bonchev–Trinajstić information content (AvgIpc) is 3.35. The fourth-order valence-corrected chi connectivity index (χ4v) is 2.45. The maximum absolute atomic E-state index is 8.95. The van der Waals surface area contributed by atoms with Crippen LogP contribution in [0.2, 0.25) is 0 Å². The Labute approximate surface area is 138 Å². The molecule has 0 aliphatic heterocycles. The first-order valence-corrected chi connectivity index (χ1v) is 7.36. The van der Waals surface area contributed by atoms with Crippen molar-refractivity contribution in [3.05, 3.63) is 78.9 Å². The van der Waals surface area contributed by atoms with Crippen LogP contribution in [0.5, 0.6) is 0 Å². The van der Waals surface area contributed by atoms with Crippen molar-refractivity contribution >= 4 is 0 Å². The van der Waals surface area contributed by atoms with E-state index in [-0.39, 0.29) is 0 Å². The van der Waals surface area contributed by atoms with Gasteiger partial charge < -0.3 is 0 Å². The van der Waals surface area contributed by atoms with Crippen molar-refractivity contribution in [2.45, 2.75) is 0 Å². The summed E-state index contributed by atoms with van der Waals surface area (Å²) in [4.78, 5) is 4.63. The number of rotatable bonds is 3. The third-order valence-electron chi connectivity index (χ3n) is 3.62. The molecule has 6 heteroatoms. The van der Waals surface area contributed by atoms with Crippen molar-refractivity contribution in [2.75, 3.05) is 0 Å². The highest BCUT2D eigenvalue weighted by atomic mass is 15.3. The molecule has 0 aliphatic carbocycles. The maximum atomic E-state index is 8.95. The van der Waals surface area contributed by atoms with Gasteiger partial charge in [0.25, 0.3) is 0 Å². The molecule has 0 amide bonds. The molecule has 1 aromatic carbocycles. The van der Waals surface area contributed by atoms with Crippen molar-refractivity contribution < 1.29 is 0 Å². The van der Waals surface area contributed by atoms with Gasteiger partial charge in [-0.05, 0) is 47.5 Å². The van der Waals surface area contributed by atoms with Crippen LogP contribution in [-0.2, 0) is 0 Å². The van der Waals surface area contributed by atoms with Gasteiger partial charge in [0, 0.05) is 24.8 Å². The molecule has 3 heterocycles. The van der Waals surface area contributed by atoms with E-state index in [1.54, 1.807) is 33.9 Å². The average molecular weight is 312 g/mol. The molecular weight excluding hydrogens is 300 g/mol. The molecule has 0 fully saturated rings. The molecule has 0 saturated heterocycles. The van der Waals surface area contributed by atoms with E-state index in [2.05, 4.69) is 21.3 Å². The van der Waals surface area contributed by atoms with Gasteiger partial charge in [-0.1, -0.05) is 12.1 Å². The van der Waals surface area contributed by atoms with Gasteiger partial charge in [0.2, 0.25) is 0 Å². The van der Waals surface area contributed by atoms with Crippen LogP contribution in [0, 0.1) is 11.3 Å². The number of nitriles is 1. The third kappa shape index (κ3) is 2.55. The van der Waals surface area contributed by atoms with Crippen LogP contribution < -0.4 is 0 Å². The Morgan fingerprint density at radius 2 is 1.38 bits per heavy atom. The molecule has 0 N–H and O–H groups in total. The lowest BCUT2D eigenvalue weighted by atomic mass is 10.0. The highest BCUT2D eigenvalue weighted by molar-refractivity contribution is 5.67. The van der Waals surface area contributed by atoms with Gasteiger partial charge in [-0.3, -0.25) is 0 Å². The maximum Gasteiger partial charge on any atom is 0.156 e. The highest BCUT2D eigenvalue weighted by Crippen LogP contribution is 2.24. The van der Waals surface area contributed by atoms with Crippen LogP contribution in [0.1, 0.15) is 5.56 Å². The topological polar surface area (TPSA) is 72.3 Å². The number of aromatic nitrogens is 5. The molecule has 0 bridgehead atoms. The van der Waals surface area contributed by atoms with Crippen LogP contribution in [0.25, 0.3) is 22.8 Å². The molecular formula is C18H12N6. The number of pyridine rings is 1. The zero-order valence-corrected chi connectivity index (χ0v) is 12.6. The van der Waals surface area contributed by atoms with Crippen molar-refractivity contribution in [1.29, 1.82) is 5.26 Å². The molecule has 24 heavy (non-hydrogen) atoms. The second kappa shape index (κ2) is 5.82. The summed E-state index contributed by atoms with van der Waals surface area (Å²) in [5, 5.41) is 17.5. The van der Waals surface area contributed by atoms with Crippen molar-refractivity contribution in [2.24, 2.45) is 0 Å². The second-order valence-corrected chi connectivity index (χ2v) is 5.16. The Morgan fingerprint density at radius 1 is 0.792 bits per heavy atom. The van der Waals surface area contributed by atoms with Crippen LogP contribution in [0.4, 0.5) is 0 Å². The van der Waals surface area contributed by atoms with Crippen LogP contribution >= 0.6 is 0 Å². The summed E-state index contributed by atoms with van der Waals surface area (Å²) in [6, 6.07) is 17.2. The molecule has 4 rings (SSSR count). The highest BCUT2D eigenvalue weighted by Gasteiger charge is 2.09. The second-order valence-electron chi connectivity index (χ2n) is 5.16. The minimum absolute atomic E-state index is 0.632. The number of benzene rings is 1. The first-order valence-electron chi connectivity index (χ1n) is 7.36. The fourth-order valence-electron chi connectivity index (χ4n) is 2.45. The smallest absolute Gasteiger partial charge is 0.156 e. The van der Waals surface area contributed by atoms with Crippen molar-refractivity contribution in [3.63, 3.8) is 0 Å². The Balaban J connectivity index is 1.88. The summed E-state index contributed by atoms with van der Waals surface area (Å²) in [5.41, 5.74) is 2.61. The third-order valence-corrected chi connectivity index (χ3v) is 3.62. The van der Waals surface area contributed by atoms with E-state index in [4.69, 9.17) is 5.26 Å². The van der Waals surface area contributed by atoms with E-state index in [1.807, 2.05) is 48.8 Å². The lowest BCUT2D eigenvalue weighted by Gasteiger charge is -2.09. The van der Waals surface area contributed by atoms with E-state index < -0.39 is 0 Å². The molecule has 0 atom stereocenters. The minimum Gasteiger partial charge on any atom is -0.223 e. The first kappa shape index (κ1) is 13.9. The molecule has 6 nitrogen and oxygen atoms in total. The molecule has 0 saturated carbocycles. The van der Waals surface area contributed by atoms with E-state index in [1.165, 1.54) is 0 Å². The molecule has 0 radical (unpaired) electrons. The zero-order valence-electron chi connectivity index (χ0n) is 12.6. The minimum atomic E-state index is 0.632. The van der Waals surface area contributed by atoms with Crippen LogP contribution in [0.15, 0.2) is 73.3 Å². The van der Waals surface area contributed by atoms with Gasteiger partial charge in [-0.2, -0.15) is 15.5 Å². The Hall–Kier alpha value is -3.72. The normalized spacial score (nSPS) is 10.5. The van der Waals surface area contributed by atoms with Crippen molar-refractivity contribution in [1.82, 2.24) is 24.5 Å². The van der Waals surface area contributed by atoms with E-state index in [0.29, 0.717) is 17.2 Å². The van der Waals surface area contributed by atoms with Crippen molar-refractivity contribution in [3.8, 4) is 28.8 Å². The van der Waals surface area contributed by atoms with Gasteiger partial charge in [-0.25, -0.2) is 14.3 Å². The summed E-state index contributed by atoms with van der Waals surface area (Å²) in [6.45, 7) is 0. The van der Waals surface area contributed by atoms with Gasteiger partial charge in [0.15, 0.2) is 11.6 Å². The van der Waals surface area contributed by atoms with Crippen LogP contribution in [-0.4, -0.2) is 24.5 Å². The molecule has 0 aliphatic rings. The van der Waals surface area contributed by atoms with Gasteiger partial charge in [0.05, 0.1) is 11.6 Å². The van der Waals surface area contributed by atoms with E-state index in [9.17, 15) is 0 Å². The fraction of sp³-hybridized carbons (Fsp3) is 0. The number of nitrogens with zero attached hydrogens (tertiary/aromatic N) is 6. The Morgan fingerprint density at radius 3 is 1.83 bits per heavy atom. The molecule has 0 unspecified atom stereocenters. The largest absolute Gasteiger partial charge is 0.223 e. The van der Waals surface area contributed by atoms with E-state index in [0.717, 1.165) is 11.1 Å². The lowest BCUT2D eigenvalue weighted by molar-refractivity contribution is 0.804. The quantitative estimate of drug-likeness (QED) is 0.583. The Bertz CT molecular complexity index is 940. The summed E-state index contributed by atoms with van der Waals surface area (Å²) in [7, 11) is 0. The Kier molecular flexibility index (Phi) is 3.37. The standard InChI is InChI=1S/C18H12N6/c19-13-14-3-5-15(6-4-14)16-11-17(23-9-1-7-20-23)22-18(12-16)24-10-2-8-21-24/h1-12H. The number of hydrogen-bond acceptors (Lipinski definition) is 4. The van der Waals surface area contributed by atoms with E-state index >= 15 is 0 Å².